The van der Waals surface area contributed by atoms with Crippen LogP contribution in [0.2, 0.25) is 0 Å². The molecule has 2 atom stereocenters. The SMILES string of the molecule is CNC1CCCC(c2ccc(CCO)cc2)C1. The minimum absolute atomic E-state index is 0.241. The summed E-state index contributed by atoms with van der Waals surface area (Å²) >= 11 is 0. The first-order chi connectivity index (χ1) is 8.33. The Kier molecular flexibility index (Phi) is 4.57. The Bertz CT molecular complexity index is 333. The van der Waals surface area contributed by atoms with Gasteiger partial charge in [-0.3, -0.25) is 0 Å². The average molecular weight is 233 g/mol. The first-order valence-corrected chi connectivity index (χ1v) is 6.70. The fourth-order valence-electron chi connectivity index (χ4n) is 2.84. The van der Waals surface area contributed by atoms with Crippen LogP contribution in [0.3, 0.4) is 0 Å². The van der Waals surface area contributed by atoms with Crippen LogP contribution in [-0.2, 0) is 6.42 Å². The fourth-order valence-corrected chi connectivity index (χ4v) is 2.84. The van der Waals surface area contributed by atoms with Crippen LogP contribution in [0.15, 0.2) is 24.3 Å². The van der Waals surface area contributed by atoms with Crippen LogP contribution >= 0.6 is 0 Å². The predicted octanol–water partition coefficient (Wildman–Crippen LogP) is 2.47. The van der Waals surface area contributed by atoms with E-state index in [1.165, 1.54) is 36.8 Å². The molecule has 2 heteroatoms. The summed E-state index contributed by atoms with van der Waals surface area (Å²) in [6.07, 6.45) is 5.99. The van der Waals surface area contributed by atoms with Gasteiger partial charge in [0, 0.05) is 12.6 Å². The molecule has 2 N–H and O–H groups in total. The van der Waals surface area contributed by atoms with Gasteiger partial charge in [-0.1, -0.05) is 30.7 Å². The van der Waals surface area contributed by atoms with E-state index in [-0.39, 0.29) is 6.61 Å². The third-order valence-electron chi connectivity index (χ3n) is 3.93. The van der Waals surface area contributed by atoms with Gasteiger partial charge in [-0.05, 0) is 49.8 Å². The second-order valence-electron chi connectivity index (χ2n) is 5.06. The molecule has 2 nitrogen and oxygen atoms in total. The first kappa shape index (κ1) is 12.6. The molecular formula is C15H23NO. The third kappa shape index (κ3) is 3.30. The summed E-state index contributed by atoms with van der Waals surface area (Å²) in [7, 11) is 2.07. The van der Waals surface area contributed by atoms with E-state index in [1.807, 2.05) is 0 Å². The molecule has 1 fully saturated rings. The molecule has 0 bridgehead atoms. The van der Waals surface area contributed by atoms with Crippen LogP contribution in [0.1, 0.15) is 42.7 Å². The molecule has 1 aliphatic carbocycles. The molecule has 2 unspecified atom stereocenters. The minimum Gasteiger partial charge on any atom is -0.396 e. The molecule has 1 aromatic rings. The number of benzene rings is 1. The van der Waals surface area contributed by atoms with E-state index in [0.717, 1.165) is 6.42 Å². The van der Waals surface area contributed by atoms with Crippen molar-refractivity contribution in [1.82, 2.24) is 5.32 Å². The van der Waals surface area contributed by atoms with E-state index in [1.54, 1.807) is 0 Å². The molecule has 94 valence electrons. The molecular weight excluding hydrogens is 210 g/mol. The Labute approximate surface area is 104 Å². The maximum Gasteiger partial charge on any atom is 0.0471 e. The van der Waals surface area contributed by atoms with Gasteiger partial charge in [-0.25, -0.2) is 0 Å². The van der Waals surface area contributed by atoms with Gasteiger partial charge in [-0.2, -0.15) is 0 Å². The van der Waals surface area contributed by atoms with Gasteiger partial charge in [0.2, 0.25) is 0 Å². The molecule has 0 amide bonds. The number of aliphatic hydroxyl groups excluding tert-OH is 1. The second-order valence-corrected chi connectivity index (χ2v) is 5.06. The third-order valence-corrected chi connectivity index (χ3v) is 3.93. The lowest BCUT2D eigenvalue weighted by molar-refractivity contribution is 0.299. The molecule has 1 aliphatic rings. The number of hydrogen-bond acceptors (Lipinski definition) is 2. The van der Waals surface area contributed by atoms with Gasteiger partial charge in [0.15, 0.2) is 0 Å². The Morgan fingerprint density at radius 2 is 2.00 bits per heavy atom. The van der Waals surface area contributed by atoms with Crippen LogP contribution in [-0.4, -0.2) is 24.8 Å². The van der Waals surface area contributed by atoms with Crippen LogP contribution in [0, 0.1) is 0 Å². The minimum atomic E-state index is 0.241. The van der Waals surface area contributed by atoms with Crippen LogP contribution < -0.4 is 5.32 Å². The van der Waals surface area contributed by atoms with Gasteiger partial charge < -0.3 is 10.4 Å². The van der Waals surface area contributed by atoms with E-state index >= 15 is 0 Å². The lowest BCUT2D eigenvalue weighted by Gasteiger charge is -2.29. The summed E-state index contributed by atoms with van der Waals surface area (Å²) in [5.74, 6) is 0.712. The summed E-state index contributed by atoms with van der Waals surface area (Å²) in [4.78, 5) is 0. The highest BCUT2D eigenvalue weighted by Crippen LogP contribution is 2.32. The topological polar surface area (TPSA) is 32.3 Å². The maximum atomic E-state index is 8.90. The molecule has 0 saturated heterocycles. The molecule has 0 heterocycles. The standard InChI is InChI=1S/C15H23NO/c1-16-15-4-2-3-14(11-15)13-7-5-12(6-8-13)9-10-17/h5-8,14-17H,2-4,9-11H2,1H3. The predicted molar refractivity (Wildman–Crippen MR) is 71.3 cm³/mol. The van der Waals surface area contributed by atoms with E-state index in [0.29, 0.717) is 12.0 Å². The highest BCUT2D eigenvalue weighted by molar-refractivity contribution is 5.26. The van der Waals surface area contributed by atoms with Crippen molar-refractivity contribution < 1.29 is 5.11 Å². The van der Waals surface area contributed by atoms with Gasteiger partial charge in [0.1, 0.15) is 0 Å². The molecule has 17 heavy (non-hydrogen) atoms. The lowest BCUT2D eigenvalue weighted by Crippen LogP contribution is -2.30. The maximum absolute atomic E-state index is 8.90. The van der Waals surface area contributed by atoms with Crippen molar-refractivity contribution >= 4 is 0 Å². The molecule has 1 saturated carbocycles. The lowest BCUT2D eigenvalue weighted by atomic mass is 9.81. The normalized spacial score (nSPS) is 24.8. The smallest absolute Gasteiger partial charge is 0.0471 e. The van der Waals surface area contributed by atoms with Crippen molar-refractivity contribution in [1.29, 1.82) is 0 Å². The summed E-state index contributed by atoms with van der Waals surface area (Å²) in [5, 5.41) is 12.3. The summed E-state index contributed by atoms with van der Waals surface area (Å²) in [5.41, 5.74) is 2.70. The Morgan fingerprint density at radius 1 is 1.24 bits per heavy atom. The van der Waals surface area contributed by atoms with Crippen LogP contribution in [0.25, 0.3) is 0 Å². The zero-order valence-electron chi connectivity index (χ0n) is 10.7. The number of nitrogens with one attached hydrogen (secondary N) is 1. The molecule has 0 radical (unpaired) electrons. The van der Waals surface area contributed by atoms with Crippen molar-refractivity contribution in [2.24, 2.45) is 0 Å². The monoisotopic (exact) mass is 233 g/mol. The Hall–Kier alpha value is -0.860. The summed E-state index contributed by atoms with van der Waals surface area (Å²) in [6.45, 7) is 0.241. The Morgan fingerprint density at radius 3 is 2.65 bits per heavy atom. The zero-order chi connectivity index (χ0) is 12.1. The summed E-state index contributed by atoms with van der Waals surface area (Å²) in [6, 6.07) is 9.50. The first-order valence-electron chi connectivity index (χ1n) is 6.70. The van der Waals surface area contributed by atoms with Crippen molar-refractivity contribution in [3.8, 4) is 0 Å². The van der Waals surface area contributed by atoms with E-state index < -0.39 is 0 Å². The quantitative estimate of drug-likeness (QED) is 0.837. The average Bonchev–Trinajstić information content (AvgIpc) is 2.40. The fraction of sp³-hybridized carbons (Fsp3) is 0.600. The molecule has 0 spiro atoms. The molecule has 0 aliphatic heterocycles. The Balaban J connectivity index is 2.01. The van der Waals surface area contributed by atoms with Gasteiger partial charge in [0.05, 0.1) is 0 Å². The van der Waals surface area contributed by atoms with Gasteiger partial charge >= 0.3 is 0 Å². The van der Waals surface area contributed by atoms with Crippen molar-refractivity contribution in [3.05, 3.63) is 35.4 Å². The van der Waals surface area contributed by atoms with E-state index in [4.69, 9.17) is 5.11 Å². The molecule has 2 rings (SSSR count). The zero-order valence-corrected chi connectivity index (χ0v) is 10.7. The molecule has 0 aromatic heterocycles. The van der Waals surface area contributed by atoms with Crippen molar-refractivity contribution in [3.63, 3.8) is 0 Å². The van der Waals surface area contributed by atoms with E-state index in [9.17, 15) is 0 Å². The van der Waals surface area contributed by atoms with Crippen molar-refractivity contribution in [2.45, 2.75) is 44.1 Å². The highest BCUT2D eigenvalue weighted by Gasteiger charge is 2.21. The molecule has 1 aromatic carbocycles. The number of rotatable bonds is 4. The van der Waals surface area contributed by atoms with Gasteiger partial charge in [0.25, 0.3) is 0 Å². The van der Waals surface area contributed by atoms with Crippen molar-refractivity contribution in [2.75, 3.05) is 13.7 Å². The summed E-state index contributed by atoms with van der Waals surface area (Å²) < 4.78 is 0. The van der Waals surface area contributed by atoms with E-state index in [2.05, 4.69) is 36.6 Å². The largest absolute Gasteiger partial charge is 0.396 e. The van der Waals surface area contributed by atoms with Gasteiger partial charge in [-0.15, -0.1) is 0 Å². The number of aliphatic hydroxyl groups is 1. The second kappa shape index (κ2) is 6.18. The van der Waals surface area contributed by atoms with Crippen LogP contribution in [0.4, 0.5) is 0 Å². The highest BCUT2D eigenvalue weighted by atomic mass is 16.2. The van der Waals surface area contributed by atoms with Crippen LogP contribution in [0.5, 0.6) is 0 Å². The number of hydrogen-bond donors (Lipinski definition) is 2.